The first-order valence-corrected chi connectivity index (χ1v) is 7.29. The Balaban J connectivity index is 2.30. The van der Waals surface area contributed by atoms with Crippen LogP contribution < -0.4 is 5.14 Å². The van der Waals surface area contributed by atoms with E-state index in [1.807, 2.05) is 30.3 Å². The SMILES string of the molecule is Cn1c(-c2cccc3cccnc23)nnc1S(N)(=O)=O. The lowest BCUT2D eigenvalue weighted by atomic mass is 10.1. The second kappa shape index (κ2) is 4.36. The average molecular weight is 289 g/mol. The fourth-order valence-electron chi connectivity index (χ4n) is 2.08. The molecule has 0 amide bonds. The van der Waals surface area contributed by atoms with Crippen LogP contribution in [0.4, 0.5) is 0 Å². The predicted molar refractivity (Wildman–Crippen MR) is 73.1 cm³/mol. The van der Waals surface area contributed by atoms with Gasteiger partial charge in [0.2, 0.25) is 0 Å². The molecule has 2 N–H and O–H groups in total. The van der Waals surface area contributed by atoms with E-state index >= 15 is 0 Å². The number of fused-ring (bicyclic) bond motifs is 1. The summed E-state index contributed by atoms with van der Waals surface area (Å²) < 4.78 is 24.1. The maximum absolute atomic E-state index is 11.4. The standard InChI is InChI=1S/C12H11N5O2S/c1-17-11(15-16-12(17)20(13,18)19)9-6-2-4-8-5-3-7-14-10(8)9/h2-7H,1H3,(H2,13,18,19). The van der Waals surface area contributed by atoms with Crippen LogP contribution in [0.25, 0.3) is 22.3 Å². The van der Waals surface area contributed by atoms with Crippen LogP contribution in [0.5, 0.6) is 0 Å². The van der Waals surface area contributed by atoms with Gasteiger partial charge in [-0.1, -0.05) is 18.2 Å². The third-order valence-corrected chi connectivity index (χ3v) is 3.83. The van der Waals surface area contributed by atoms with Gasteiger partial charge in [0.05, 0.1) is 5.52 Å². The molecule has 3 aromatic rings. The van der Waals surface area contributed by atoms with E-state index in [-0.39, 0.29) is 5.16 Å². The number of primary sulfonamides is 1. The van der Waals surface area contributed by atoms with Crippen molar-refractivity contribution in [1.82, 2.24) is 19.7 Å². The fraction of sp³-hybridized carbons (Fsp3) is 0.0833. The van der Waals surface area contributed by atoms with E-state index in [0.717, 1.165) is 10.9 Å². The lowest BCUT2D eigenvalue weighted by molar-refractivity contribution is 0.580. The highest BCUT2D eigenvalue weighted by molar-refractivity contribution is 7.89. The van der Waals surface area contributed by atoms with Crippen LogP contribution in [0.1, 0.15) is 0 Å². The van der Waals surface area contributed by atoms with Crippen molar-refractivity contribution in [2.45, 2.75) is 5.16 Å². The largest absolute Gasteiger partial charge is 0.300 e. The van der Waals surface area contributed by atoms with E-state index in [4.69, 9.17) is 5.14 Å². The molecule has 8 heteroatoms. The van der Waals surface area contributed by atoms with Gasteiger partial charge in [0.1, 0.15) is 0 Å². The maximum atomic E-state index is 11.4. The number of hydrogen-bond acceptors (Lipinski definition) is 5. The zero-order valence-corrected chi connectivity index (χ0v) is 11.4. The van der Waals surface area contributed by atoms with Crippen LogP contribution in [-0.2, 0) is 17.1 Å². The monoisotopic (exact) mass is 289 g/mol. The summed E-state index contributed by atoms with van der Waals surface area (Å²) >= 11 is 0. The summed E-state index contributed by atoms with van der Waals surface area (Å²) in [4.78, 5) is 4.31. The molecule has 7 nitrogen and oxygen atoms in total. The van der Waals surface area contributed by atoms with Crippen molar-refractivity contribution < 1.29 is 8.42 Å². The van der Waals surface area contributed by atoms with Crippen LogP contribution in [0.2, 0.25) is 0 Å². The zero-order chi connectivity index (χ0) is 14.3. The minimum absolute atomic E-state index is 0.277. The second-order valence-corrected chi connectivity index (χ2v) is 5.75. The number of pyridine rings is 1. The van der Waals surface area contributed by atoms with E-state index in [1.54, 1.807) is 13.2 Å². The number of nitrogens with zero attached hydrogens (tertiary/aromatic N) is 4. The average Bonchev–Trinajstić information content (AvgIpc) is 2.80. The van der Waals surface area contributed by atoms with Crippen molar-refractivity contribution in [3.05, 3.63) is 36.5 Å². The van der Waals surface area contributed by atoms with Gasteiger partial charge in [-0.2, -0.15) is 0 Å². The second-order valence-electron chi connectivity index (χ2n) is 4.29. The number of rotatable bonds is 2. The van der Waals surface area contributed by atoms with E-state index in [9.17, 15) is 8.42 Å². The third-order valence-electron chi connectivity index (χ3n) is 2.96. The van der Waals surface area contributed by atoms with Crippen molar-refractivity contribution >= 4 is 20.9 Å². The maximum Gasteiger partial charge on any atom is 0.273 e. The summed E-state index contributed by atoms with van der Waals surface area (Å²) in [5.41, 5.74) is 1.43. The molecule has 3 rings (SSSR count). The van der Waals surface area contributed by atoms with Crippen LogP contribution >= 0.6 is 0 Å². The van der Waals surface area contributed by atoms with Gasteiger partial charge in [-0.25, -0.2) is 13.6 Å². The lowest BCUT2D eigenvalue weighted by Crippen LogP contribution is -2.17. The zero-order valence-electron chi connectivity index (χ0n) is 10.6. The molecule has 0 saturated heterocycles. The Hall–Kier alpha value is -2.32. The van der Waals surface area contributed by atoms with Gasteiger partial charge in [0, 0.05) is 24.2 Å². The molecule has 2 heterocycles. The topological polar surface area (TPSA) is 104 Å². The number of hydrogen-bond donors (Lipinski definition) is 1. The third kappa shape index (κ3) is 1.95. The molecule has 0 aliphatic heterocycles. The summed E-state index contributed by atoms with van der Waals surface area (Å²) in [7, 11) is -2.35. The molecule has 0 spiro atoms. The summed E-state index contributed by atoms with van der Waals surface area (Å²) in [6.07, 6.45) is 1.67. The lowest BCUT2D eigenvalue weighted by Gasteiger charge is -2.05. The van der Waals surface area contributed by atoms with Crippen molar-refractivity contribution in [1.29, 1.82) is 0 Å². The molecule has 0 unspecified atom stereocenters. The van der Waals surface area contributed by atoms with E-state index < -0.39 is 10.0 Å². The smallest absolute Gasteiger partial charge is 0.273 e. The van der Waals surface area contributed by atoms with Crippen molar-refractivity contribution in [2.75, 3.05) is 0 Å². The van der Waals surface area contributed by atoms with E-state index in [1.165, 1.54) is 4.57 Å². The van der Waals surface area contributed by atoms with E-state index in [0.29, 0.717) is 11.4 Å². The molecule has 0 aliphatic rings. The van der Waals surface area contributed by atoms with Gasteiger partial charge in [0.25, 0.3) is 15.2 Å². The van der Waals surface area contributed by atoms with Crippen molar-refractivity contribution in [3.63, 3.8) is 0 Å². The van der Waals surface area contributed by atoms with Crippen LogP contribution in [0.3, 0.4) is 0 Å². The first-order valence-electron chi connectivity index (χ1n) is 5.75. The summed E-state index contributed by atoms with van der Waals surface area (Å²) in [5, 5.41) is 13.3. The number of para-hydroxylation sites is 1. The van der Waals surface area contributed by atoms with Gasteiger partial charge < -0.3 is 0 Å². The Labute approximate surface area is 115 Å². The van der Waals surface area contributed by atoms with Crippen LogP contribution in [0, 0.1) is 0 Å². The van der Waals surface area contributed by atoms with Gasteiger partial charge in [-0.05, 0) is 12.1 Å². The van der Waals surface area contributed by atoms with Crippen molar-refractivity contribution in [3.8, 4) is 11.4 Å². The molecule has 1 aromatic carbocycles. The number of sulfonamides is 1. The molecule has 0 aliphatic carbocycles. The Morgan fingerprint density at radius 3 is 2.60 bits per heavy atom. The molecule has 102 valence electrons. The molecular weight excluding hydrogens is 278 g/mol. The first kappa shape index (κ1) is 12.7. The summed E-state index contributed by atoms with van der Waals surface area (Å²) in [6, 6.07) is 9.33. The minimum atomic E-state index is -3.90. The highest BCUT2D eigenvalue weighted by Crippen LogP contribution is 2.26. The first-order chi connectivity index (χ1) is 9.48. The number of aromatic nitrogens is 4. The highest BCUT2D eigenvalue weighted by Gasteiger charge is 2.20. The molecule has 0 radical (unpaired) electrons. The highest BCUT2D eigenvalue weighted by atomic mass is 32.2. The summed E-state index contributed by atoms with van der Waals surface area (Å²) in [6.45, 7) is 0. The molecule has 20 heavy (non-hydrogen) atoms. The Kier molecular flexibility index (Phi) is 2.77. The Morgan fingerprint density at radius 1 is 1.15 bits per heavy atom. The van der Waals surface area contributed by atoms with Gasteiger partial charge in [0.15, 0.2) is 5.82 Å². The minimum Gasteiger partial charge on any atom is -0.300 e. The van der Waals surface area contributed by atoms with Crippen molar-refractivity contribution in [2.24, 2.45) is 12.2 Å². The number of nitrogens with two attached hydrogens (primary N) is 1. The van der Waals surface area contributed by atoms with Crippen LogP contribution in [-0.4, -0.2) is 28.2 Å². The molecular formula is C12H11N5O2S. The molecule has 2 aromatic heterocycles. The van der Waals surface area contributed by atoms with E-state index in [2.05, 4.69) is 15.2 Å². The fourth-order valence-corrected chi connectivity index (χ4v) is 2.70. The van der Waals surface area contributed by atoms with Gasteiger partial charge >= 0.3 is 0 Å². The quantitative estimate of drug-likeness (QED) is 0.747. The molecule has 0 bridgehead atoms. The normalized spacial score (nSPS) is 11.9. The summed E-state index contributed by atoms with van der Waals surface area (Å²) in [5.74, 6) is 0.401. The van der Waals surface area contributed by atoms with Crippen LogP contribution in [0.15, 0.2) is 41.7 Å². The molecule has 0 atom stereocenters. The molecule has 0 fully saturated rings. The number of benzene rings is 1. The van der Waals surface area contributed by atoms with Gasteiger partial charge in [-0.3, -0.25) is 9.55 Å². The Bertz CT molecular complexity index is 896. The predicted octanol–water partition coefficient (Wildman–Crippen LogP) is 0.678. The Morgan fingerprint density at radius 2 is 1.90 bits per heavy atom. The van der Waals surface area contributed by atoms with Gasteiger partial charge in [-0.15, -0.1) is 10.2 Å². The molecule has 0 saturated carbocycles.